The fourth-order valence-electron chi connectivity index (χ4n) is 1.98. The maximum atomic E-state index is 12.7. The van der Waals surface area contributed by atoms with E-state index in [4.69, 9.17) is 4.74 Å². The third kappa shape index (κ3) is 5.16. The number of ether oxygens (including phenoxy) is 1. The molecule has 0 saturated heterocycles. The van der Waals surface area contributed by atoms with Gasteiger partial charge in [-0.05, 0) is 48.3 Å². The zero-order valence-electron chi connectivity index (χ0n) is 12.8. The standard InChI is InChI=1S/C16H22BrNO3/c1-4-12(3)18(11-10-15(19)21-5-2)16(20)13-8-6-7-9-14(13)17/h6-9,12H,4-5,10-11H2,1-3H3. The number of hydrogen-bond acceptors (Lipinski definition) is 3. The number of rotatable bonds is 7. The minimum Gasteiger partial charge on any atom is -0.466 e. The monoisotopic (exact) mass is 355 g/mol. The number of halogens is 1. The maximum Gasteiger partial charge on any atom is 0.307 e. The molecule has 0 aliphatic carbocycles. The fourth-order valence-corrected chi connectivity index (χ4v) is 2.43. The summed E-state index contributed by atoms with van der Waals surface area (Å²) in [5.74, 6) is -0.341. The van der Waals surface area contributed by atoms with Crippen LogP contribution < -0.4 is 0 Å². The van der Waals surface area contributed by atoms with Crippen molar-refractivity contribution in [3.63, 3.8) is 0 Å². The van der Waals surface area contributed by atoms with Gasteiger partial charge in [-0.15, -0.1) is 0 Å². The molecule has 0 bridgehead atoms. The summed E-state index contributed by atoms with van der Waals surface area (Å²) in [4.78, 5) is 25.9. The zero-order chi connectivity index (χ0) is 15.8. The molecule has 0 aliphatic heterocycles. The molecule has 0 radical (unpaired) electrons. The van der Waals surface area contributed by atoms with Crippen molar-refractivity contribution in [2.45, 2.75) is 39.7 Å². The summed E-state index contributed by atoms with van der Waals surface area (Å²) in [7, 11) is 0. The summed E-state index contributed by atoms with van der Waals surface area (Å²) in [5.41, 5.74) is 0.613. The van der Waals surface area contributed by atoms with E-state index in [0.717, 1.165) is 10.9 Å². The van der Waals surface area contributed by atoms with Crippen molar-refractivity contribution in [2.24, 2.45) is 0 Å². The molecule has 0 heterocycles. The Morgan fingerprint density at radius 2 is 1.95 bits per heavy atom. The Bertz CT molecular complexity index is 490. The molecule has 21 heavy (non-hydrogen) atoms. The average molecular weight is 356 g/mol. The highest BCUT2D eigenvalue weighted by atomic mass is 79.9. The van der Waals surface area contributed by atoms with Crippen LogP contribution in [0.5, 0.6) is 0 Å². The van der Waals surface area contributed by atoms with Crippen molar-refractivity contribution in [3.05, 3.63) is 34.3 Å². The lowest BCUT2D eigenvalue weighted by Gasteiger charge is -2.28. The van der Waals surface area contributed by atoms with Crippen LogP contribution in [-0.2, 0) is 9.53 Å². The SMILES string of the molecule is CCOC(=O)CCN(C(=O)c1ccccc1Br)C(C)CC. The molecule has 0 spiro atoms. The van der Waals surface area contributed by atoms with Gasteiger partial charge in [0, 0.05) is 17.1 Å². The van der Waals surface area contributed by atoms with E-state index < -0.39 is 0 Å². The second kappa shape index (κ2) is 8.82. The van der Waals surface area contributed by atoms with Crippen molar-refractivity contribution < 1.29 is 14.3 Å². The second-order valence-electron chi connectivity index (χ2n) is 4.79. The van der Waals surface area contributed by atoms with E-state index in [9.17, 15) is 9.59 Å². The first-order chi connectivity index (χ1) is 10.0. The molecule has 1 atom stereocenters. The molecule has 1 rings (SSSR count). The summed E-state index contributed by atoms with van der Waals surface area (Å²) in [6.45, 7) is 6.51. The number of carbonyl (C=O) groups is 2. The summed E-state index contributed by atoms with van der Waals surface area (Å²) >= 11 is 3.40. The Morgan fingerprint density at radius 3 is 2.52 bits per heavy atom. The molecule has 1 aromatic carbocycles. The van der Waals surface area contributed by atoms with Crippen molar-refractivity contribution in [1.29, 1.82) is 0 Å². The van der Waals surface area contributed by atoms with E-state index >= 15 is 0 Å². The van der Waals surface area contributed by atoms with Gasteiger partial charge in [-0.1, -0.05) is 19.1 Å². The number of carbonyl (C=O) groups excluding carboxylic acids is 2. The quantitative estimate of drug-likeness (QED) is 0.701. The van der Waals surface area contributed by atoms with Crippen LogP contribution in [0.2, 0.25) is 0 Å². The third-order valence-electron chi connectivity index (χ3n) is 3.35. The molecule has 4 nitrogen and oxygen atoms in total. The Kier molecular flexibility index (Phi) is 7.43. The molecular formula is C16H22BrNO3. The molecule has 1 aromatic rings. The Balaban J connectivity index is 2.85. The number of esters is 1. The lowest BCUT2D eigenvalue weighted by atomic mass is 10.1. The molecule has 0 aromatic heterocycles. The first kappa shape index (κ1) is 17.7. The number of benzene rings is 1. The van der Waals surface area contributed by atoms with Gasteiger partial charge in [0.2, 0.25) is 0 Å². The van der Waals surface area contributed by atoms with Crippen LogP contribution in [0.15, 0.2) is 28.7 Å². The normalized spacial score (nSPS) is 11.8. The van der Waals surface area contributed by atoms with Gasteiger partial charge in [0.1, 0.15) is 0 Å². The molecule has 0 fully saturated rings. The molecule has 116 valence electrons. The molecular weight excluding hydrogens is 334 g/mol. The Labute approximate surface area is 134 Å². The van der Waals surface area contributed by atoms with Gasteiger partial charge >= 0.3 is 5.97 Å². The highest BCUT2D eigenvalue weighted by Gasteiger charge is 2.22. The molecule has 1 amide bonds. The van der Waals surface area contributed by atoms with Crippen LogP contribution in [0, 0.1) is 0 Å². The van der Waals surface area contributed by atoms with Crippen LogP contribution >= 0.6 is 15.9 Å². The first-order valence-corrected chi connectivity index (χ1v) is 8.01. The van der Waals surface area contributed by atoms with Crippen LogP contribution in [0.25, 0.3) is 0 Å². The van der Waals surface area contributed by atoms with Crippen molar-refractivity contribution in [3.8, 4) is 0 Å². The minimum atomic E-state index is -0.272. The van der Waals surface area contributed by atoms with Gasteiger partial charge < -0.3 is 9.64 Å². The predicted molar refractivity (Wildman–Crippen MR) is 86.2 cm³/mol. The molecule has 0 saturated carbocycles. The van der Waals surface area contributed by atoms with E-state index in [1.807, 2.05) is 32.0 Å². The lowest BCUT2D eigenvalue weighted by molar-refractivity contribution is -0.143. The first-order valence-electron chi connectivity index (χ1n) is 7.22. The van der Waals surface area contributed by atoms with E-state index in [0.29, 0.717) is 18.7 Å². The van der Waals surface area contributed by atoms with Crippen molar-refractivity contribution in [2.75, 3.05) is 13.2 Å². The van der Waals surface area contributed by atoms with Crippen molar-refractivity contribution >= 4 is 27.8 Å². The van der Waals surface area contributed by atoms with E-state index in [1.54, 1.807) is 17.9 Å². The van der Waals surface area contributed by atoms with E-state index in [2.05, 4.69) is 15.9 Å². The Hall–Kier alpha value is -1.36. The van der Waals surface area contributed by atoms with Gasteiger partial charge in [-0.2, -0.15) is 0 Å². The number of amides is 1. The highest BCUT2D eigenvalue weighted by molar-refractivity contribution is 9.10. The molecule has 1 unspecified atom stereocenters. The Morgan fingerprint density at radius 1 is 1.29 bits per heavy atom. The summed E-state index contributed by atoms with van der Waals surface area (Å²) in [5, 5.41) is 0. The molecule has 0 aliphatic rings. The van der Waals surface area contributed by atoms with Crippen LogP contribution in [-0.4, -0.2) is 36.0 Å². The number of nitrogens with zero attached hydrogens (tertiary/aromatic N) is 1. The summed E-state index contributed by atoms with van der Waals surface area (Å²) in [6.07, 6.45) is 1.05. The van der Waals surface area contributed by atoms with Crippen LogP contribution in [0.1, 0.15) is 44.0 Å². The average Bonchev–Trinajstić information content (AvgIpc) is 2.47. The predicted octanol–water partition coefficient (Wildman–Crippen LogP) is 3.64. The smallest absolute Gasteiger partial charge is 0.307 e. The molecule has 5 heteroatoms. The van der Waals surface area contributed by atoms with Gasteiger partial charge in [0.05, 0.1) is 18.6 Å². The van der Waals surface area contributed by atoms with Crippen LogP contribution in [0.4, 0.5) is 0 Å². The van der Waals surface area contributed by atoms with E-state index in [1.165, 1.54) is 0 Å². The summed E-state index contributed by atoms with van der Waals surface area (Å²) < 4.78 is 5.69. The summed E-state index contributed by atoms with van der Waals surface area (Å²) in [6, 6.07) is 7.39. The zero-order valence-corrected chi connectivity index (χ0v) is 14.4. The van der Waals surface area contributed by atoms with Gasteiger partial charge in [0.15, 0.2) is 0 Å². The van der Waals surface area contributed by atoms with Gasteiger partial charge in [-0.25, -0.2) is 0 Å². The number of hydrogen-bond donors (Lipinski definition) is 0. The fraction of sp³-hybridized carbons (Fsp3) is 0.500. The lowest BCUT2D eigenvalue weighted by Crippen LogP contribution is -2.40. The van der Waals surface area contributed by atoms with Crippen molar-refractivity contribution in [1.82, 2.24) is 4.90 Å². The van der Waals surface area contributed by atoms with Crippen LogP contribution in [0.3, 0.4) is 0 Å². The topological polar surface area (TPSA) is 46.6 Å². The van der Waals surface area contributed by atoms with Gasteiger partial charge in [-0.3, -0.25) is 9.59 Å². The third-order valence-corrected chi connectivity index (χ3v) is 4.04. The minimum absolute atomic E-state index is 0.0684. The van der Waals surface area contributed by atoms with E-state index in [-0.39, 0.29) is 24.3 Å². The highest BCUT2D eigenvalue weighted by Crippen LogP contribution is 2.20. The maximum absolute atomic E-state index is 12.7. The molecule has 0 N–H and O–H groups in total. The second-order valence-corrected chi connectivity index (χ2v) is 5.65. The largest absolute Gasteiger partial charge is 0.466 e. The van der Waals surface area contributed by atoms with Gasteiger partial charge in [0.25, 0.3) is 5.91 Å².